The van der Waals surface area contributed by atoms with Crippen molar-refractivity contribution in [3.05, 3.63) is 35.9 Å². The molecule has 3 N–H and O–H groups in total. The number of benzene rings is 1. The second kappa shape index (κ2) is 7.52. The number of nitrogens with two attached hydrogens (primary N) is 1. The minimum Gasteiger partial charge on any atom is -0.381 e. The summed E-state index contributed by atoms with van der Waals surface area (Å²) >= 11 is 0. The monoisotopic (exact) mass is 251 g/mol. The lowest BCUT2D eigenvalue weighted by Gasteiger charge is -2.27. The summed E-state index contributed by atoms with van der Waals surface area (Å²) in [5.41, 5.74) is 5.43. The van der Waals surface area contributed by atoms with Crippen molar-refractivity contribution >= 4 is 0 Å². The Labute approximate surface area is 110 Å². The molecule has 0 aromatic heterocycles. The Kier molecular flexibility index (Phi) is 6.33. The molecule has 0 spiro atoms. The molecule has 0 fully saturated rings. The molecule has 0 aliphatic heterocycles. The summed E-state index contributed by atoms with van der Waals surface area (Å²) in [6.45, 7) is 5.42. The molecule has 1 rings (SSSR count). The number of hydrogen-bond donors (Lipinski definition) is 2. The molecule has 3 nitrogen and oxygen atoms in total. The van der Waals surface area contributed by atoms with Gasteiger partial charge in [-0.1, -0.05) is 57.0 Å². The highest BCUT2D eigenvalue weighted by molar-refractivity contribution is 5.22. The number of aliphatic hydroxyl groups is 1. The zero-order valence-electron chi connectivity index (χ0n) is 11.4. The maximum absolute atomic E-state index is 10.5. The van der Waals surface area contributed by atoms with Crippen LogP contribution in [-0.4, -0.2) is 24.9 Å². The zero-order valence-corrected chi connectivity index (χ0v) is 11.4. The van der Waals surface area contributed by atoms with Crippen molar-refractivity contribution in [3.63, 3.8) is 0 Å². The second-order valence-corrected chi connectivity index (χ2v) is 4.80. The van der Waals surface area contributed by atoms with Gasteiger partial charge >= 0.3 is 0 Å². The van der Waals surface area contributed by atoms with E-state index in [4.69, 9.17) is 10.5 Å². The van der Waals surface area contributed by atoms with E-state index in [1.54, 1.807) is 0 Å². The lowest BCUT2D eigenvalue weighted by atomic mass is 9.95. The smallest absolute Gasteiger partial charge is 0.125 e. The van der Waals surface area contributed by atoms with Crippen LogP contribution in [0.3, 0.4) is 0 Å². The third-order valence-corrected chi connectivity index (χ3v) is 3.50. The average Bonchev–Trinajstić information content (AvgIpc) is 2.44. The fraction of sp³-hybridized carbons (Fsp3) is 0.600. The van der Waals surface area contributed by atoms with Crippen LogP contribution in [0, 0.1) is 5.92 Å². The SMILES string of the molecule is CCC(CC)COCC(O)(CN)c1ccccc1. The Bertz CT molecular complexity index is 325. The lowest BCUT2D eigenvalue weighted by Crippen LogP contribution is -2.40. The standard InChI is InChI=1S/C15H25NO2/c1-3-13(4-2)10-18-12-15(17,11-16)14-8-6-5-7-9-14/h5-9,13,17H,3-4,10-12,16H2,1-2H3. The molecule has 3 heteroatoms. The molecule has 0 aliphatic rings. The summed E-state index contributed by atoms with van der Waals surface area (Å²) in [5, 5.41) is 10.5. The first-order valence-electron chi connectivity index (χ1n) is 6.72. The van der Waals surface area contributed by atoms with Gasteiger partial charge in [0.05, 0.1) is 6.61 Å². The van der Waals surface area contributed by atoms with Gasteiger partial charge in [-0.3, -0.25) is 0 Å². The van der Waals surface area contributed by atoms with Crippen molar-refractivity contribution in [3.8, 4) is 0 Å². The van der Waals surface area contributed by atoms with Crippen LogP contribution >= 0.6 is 0 Å². The molecule has 1 atom stereocenters. The molecular formula is C15H25NO2. The fourth-order valence-electron chi connectivity index (χ4n) is 1.93. The van der Waals surface area contributed by atoms with Crippen molar-refractivity contribution in [1.82, 2.24) is 0 Å². The van der Waals surface area contributed by atoms with Crippen LogP contribution in [0.15, 0.2) is 30.3 Å². The molecule has 0 aliphatic carbocycles. The Morgan fingerprint density at radius 2 is 1.83 bits per heavy atom. The maximum atomic E-state index is 10.5. The highest BCUT2D eigenvalue weighted by atomic mass is 16.5. The number of ether oxygens (including phenoxy) is 1. The number of hydrogen-bond acceptors (Lipinski definition) is 3. The van der Waals surface area contributed by atoms with E-state index in [2.05, 4.69) is 13.8 Å². The van der Waals surface area contributed by atoms with E-state index in [-0.39, 0.29) is 13.2 Å². The zero-order chi connectivity index (χ0) is 13.4. The van der Waals surface area contributed by atoms with Crippen molar-refractivity contribution < 1.29 is 9.84 Å². The molecule has 0 saturated heterocycles. The van der Waals surface area contributed by atoms with Gasteiger partial charge in [-0.2, -0.15) is 0 Å². The topological polar surface area (TPSA) is 55.5 Å². The molecule has 18 heavy (non-hydrogen) atoms. The molecule has 1 aromatic rings. The van der Waals surface area contributed by atoms with Crippen molar-refractivity contribution in [2.75, 3.05) is 19.8 Å². The van der Waals surface area contributed by atoms with E-state index in [0.29, 0.717) is 12.5 Å². The fourth-order valence-corrected chi connectivity index (χ4v) is 1.93. The van der Waals surface area contributed by atoms with Crippen LogP contribution in [0.1, 0.15) is 32.3 Å². The van der Waals surface area contributed by atoms with Gasteiger partial charge < -0.3 is 15.6 Å². The Morgan fingerprint density at radius 1 is 1.22 bits per heavy atom. The first kappa shape index (κ1) is 15.2. The largest absolute Gasteiger partial charge is 0.381 e. The number of rotatable bonds is 8. The van der Waals surface area contributed by atoms with Gasteiger partial charge in [0.15, 0.2) is 0 Å². The molecule has 0 heterocycles. The summed E-state index contributed by atoms with van der Waals surface area (Å²) in [4.78, 5) is 0. The van der Waals surface area contributed by atoms with Gasteiger partial charge in [0.1, 0.15) is 5.60 Å². The first-order valence-corrected chi connectivity index (χ1v) is 6.72. The molecular weight excluding hydrogens is 226 g/mol. The van der Waals surface area contributed by atoms with Crippen LogP contribution in [0.25, 0.3) is 0 Å². The van der Waals surface area contributed by atoms with Gasteiger partial charge in [0.2, 0.25) is 0 Å². The molecule has 1 unspecified atom stereocenters. The summed E-state index contributed by atoms with van der Waals surface area (Å²) < 4.78 is 5.66. The van der Waals surface area contributed by atoms with Crippen LogP contribution in [0.5, 0.6) is 0 Å². The minimum atomic E-state index is -1.08. The molecule has 0 radical (unpaired) electrons. The molecule has 1 aromatic carbocycles. The molecule has 0 saturated carbocycles. The van der Waals surface area contributed by atoms with Crippen molar-refractivity contribution in [2.24, 2.45) is 11.7 Å². The Hall–Kier alpha value is -0.900. The lowest BCUT2D eigenvalue weighted by molar-refractivity contribution is -0.0530. The molecule has 0 bridgehead atoms. The highest BCUT2D eigenvalue weighted by Gasteiger charge is 2.27. The van der Waals surface area contributed by atoms with Gasteiger partial charge in [-0.15, -0.1) is 0 Å². The second-order valence-electron chi connectivity index (χ2n) is 4.80. The van der Waals surface area contributed by atoms with Crippen LogP contribution in [-0.2, 0) is 10.3 Å². The van der Waals surface area contributed by atoms with Crippen molar-refractivity contribution in [2.45, 2.75) is 32.3 Å². The van der Waals surface area contributed by atoms with E-state index < -0.39 is 5.60 Å². The first-order chi connectivity index (χ1) is 8.66. The normalized spacial score (nSPS) is 14.7. The van der Waals surface area contributed by atoms with Gasteiger partial charge in [0, 0.05) is 13.2 Å². The van der Waals surface area contributed by atoms with Crippen LogP contribution in [0.4, 0.5) is 0 Å². The molecule has 0 amide bonds. The molecule has 102 valence electrons. The van der Waals surface area contributed by atoms with Gasteiger partial charge in [-0.05, 0) is 11.5 Å². The van der Waals surface area contributed by atoms with Gasteiger partial charge in [-0.25, -0.2) is 0 Å². The van der Waals surface area contributed by atoms with Crippen LogP contribution in [0.2, 0.25) is 0 Å². The summed E-state index contributed by atoms with van der Waals surface area (Å²) in [6, 6.07) is 9.49. The minimum absolute atomic E-state index is 0.167. The summed E-state index contributed by atoms with van der Waals surface area (Å²) in [6.07, 6.45) is 2.20. The maximum Gasteiger partial charge on any atom is 0.125 e. The average molecular weight is 251 g/mol. The van der Waals surface area contributed by atoms with Gasteiger partial charge in [0.25, 0.3) is 0 Å². The predicted octanol–water partition coefficient (Wildman–Crippen LogP) is 2.29. The quantitative estimate of drug-likeness (QED) is 0.745. The third kappa shape index (κ3) is 4.09. The van der Waals surface area contributed by atoms with E-state index in [9.17, 15) is 5.11 Å². The summed E-state index contributed by atoms with van der Waals surface area (Å²) in [5.74, 6) is 0.558. The van der Waals surface area contributed by atoms with Crippen molar-refractivity contribution in [1.29, 1.82) is 0 Å². The van der Waals surface area contributed by atoms with Crippen LogP contribution < -0.4 is 5.73 Å². The van der Waals surface area contributed by atoms with E-state index >= 15 is 0 Å². The van der Waals surface area contributed by atoms with E-state index in [0.717, 1.165) is 18.4 Å². The Balaban J connectivity index is 2.56. The van der Waals surface area contributed by atoms with E-state index in [1.165, 1.54) is 0 Å². The summed E-state index contributed by atoms with van der Waals surface area (Å²) in [7, 11) is 0. The highest BCUT2D eigenvalue weighted by Crippen LogP contribution is 2.20. The third-order valence-electron chi connectivity index (χ3n) is 3.50. The predicted molar refractivity (Wildman–Crippen MR) is 74.3 cm³/mol. The van der Waals surface area contributed by atoms with E-state index in [1.807, 2.05) is 30.3 Å². The Morgan fingerprint density at radius 3 is 2.33 bits per heavy atom.